The molecule has 6 aromatic carbocycles. The van der Waals surface area contributed by atoms with Crippen LogP contribution in [0.1, 0.15) is 48.4 Å². The van der Waals surface area contributed by atoms with Crippen molar-refractivity contribution in [3.63, 3.8) is 0 Å². The summed E-state index contributed by atoms with van der Waals surface area (Å²) in [6, 6.07) is 48.9. The normalized spacial score (nSPS) is 10.3. The van der Waals surface area contributed by atoms with Crippen LogP contribution in [0.15, 0.2) is 146 Å². The van der Waals surface area contributed by atoms with Gasteiger partial charge in [0.25, 0.3) is 0 Å². The van der Waals surface area contributed by atoms with Gasteiger partial charge in [0.2, 0.25) is 0 Å². The maximum absolute atomic E-state index is 11.0. The van der Waals surface area contributed by atoms with Crippen molar-refractivity contribution >= 4 is 56.2 Å². The number of carbonyl (C=O) groups is 2. The van der Waals surface area contributed by atoms with Crippen LogP contribution in [0.25, 0.3) is 55.0 Å². The highest BCUT2D eigenvalue weighted by Crippen LogP contribution is 2.33. The number of nitrogens with zero attached hydrogens (tertiary/aromatic N) is 2. The second-order valence-corrected chi connectivity index (χ2v) is 10.2. The fourth-order valence-corrected chi connectivity index (χ4v) is 5.84. The molecule has 0 spiro atoms. The van der Waals surface area contributed by atoms with Crippen molar-refractivity contribution < 1.29 is 9.59 Å². The molecule has 8 aromatic rings. The van der Waals surface area contributed by atoms with Crippen LogP contribution in [0.5, 0.6) is 0 Å². The molecule has 4 nitrogen and oxygen atoms in total. The minimum absolute atomic E-state index is 0.689. The Morgan fingerprint density at radius 2 is 0.739 bits per heavy atom. The Morgan fingerprint density at radius 3 is 1.13 bits per heavy atom. The van der Waals surface area contributed by atoms with Crippen LogP contribution in [-0.4, -0.2) is 21.7 Å². The standard InChI is InChI=1S/2C19H13NO.2C2H6/c21-13-14-6-5-7-15(12-14)20-18-10-3-1-8-16(18)17-9-2-4-11-19(17)20;21-13-14-9-11-15(12-10-14)20-18-7-3-1-5-16(18)17-6-2-4-8-19(17)20;2*1-2/h2*1-13H;2*1-2H3. The largest absolute Gasteiger partial charge is 0.309 e. The van der Waals surface area contributed by atoms with Gasteiger partial charge in [-0.3, -0.25) is 9.59 Å². The lowest BCUT2D eigenvalue weighted by atomic mass is 10.2. The van der Waals surface area contributed by atoms with Crippen LogP contribution < -0.4 is 0 Å². The molecule has 0 aliphatic rings. The number of hydrogen-bond donors (Lipinski definition) is 0. The monoisotopic (exact) mass is 602 g/mol. The smallest absolute Gasteiger partial charge is 0.150 e. The van der Waals surface area contributed by atoms with Crippen LogP contribution in [0.3, 0.4) is 0 Å². The van der Waals surface area contributed by atoms with Crippen LogP contribution in [0, 0.1) is 0 Å². The molecule has 2 aromatic heterocycles. The number of benzene rings is 6. The lowest BCUT2D eigenvalue weighted by Crippen LogP contribution is -1.94. The molecule has 0 N–H and O–H groups in total. The molecule has 8 rings (SSSR count). The maximum atomic E-state index is 11.0. The van der Waals surface area contributed by atoms with E-state index in [1.807, 2.05) is 88.4 Å². The molecule has 228 valence electrons. The van der Waals surface area contributed by atoms with Crippen molar-refractivity contribution in [3.8, 4) is 11.4 Å². The average molecular weight is 603 g/mol. The molecule has 0 fully saturated rings. The molecular weight excluding hydrogens is 564 g/mol. The van der Waals surface area contributed by atoms with Crippen LogP contribution in [0.4, 0.5) is 0 Å². The van der Waals surface area contributed by atoms with Crippen molar-refractivity contribution in [3.05, 3.63) is 157 Å². The summed E-state index contributed by atoms with van der Waals surface area (Å²) in [6.07, 6.45) is 1.76. The summed E-state index contributed by atoms with van der Waals surface area (Å²) in [7, 11) is 0. The first-order valence-electron chi connectivity index (χ1n) is 15.8. The first kappa shape index (κ1) is 31.7. The molecule has 0 amide bonds. The fraction of sp³-hybridized carbons (Fsp3) is 0.0952. The fourth-order valence-electron chi connectivity index (χ4n) is 5.84. The van der Waals surface area contributed by atoms with Crippen LogP contribution in [0.2, 0.25) is 0 Å². The van der Waals surface area contributed by atoms with E-state index in [0.717, 1.165) is 35.0 Å². The Labute approximate surface area is 270 Å². The summed E-state index contributed by atoms with van der Waals surface area (Å²) in [6.45, 7) is 8.00. The molecular formula is C42H38N2O2. The summed E-state index contributed by atoms with van der Waals surface area (Å²) >= 11 is 0. The second-order valence-electron chi connectivity index (χ2n) is 10.2. The summed E-state index contributed by atoms with van der Waals surface area (Å²) in [5.41, 5.74) is 8.13. The minimum Gasteiger partial charge on any atom is -0.309 e. The molecule has 0 unspecified atom stereocenters. The van der Waals surface area contributed by atoms with Gasteiger partial charge in [0.1, 0.15) is 12.6 Å². The number of hydrogen-bond acceptors (Lipinski definition) is 2. The van der Waals surface area contributed by atoms with Gasteiger partial charge in [-0.25, -0.2) is 0 Å². The highest BCUT2D eigenvalue weighted by Gasteiger charge is 2.12. The number of carbonyl (C=O) groups excluding carboxylic acids is 2. The molecule has 0 saturated carbocycles. The Balaban J connectivity index is 0.000000164. The first-order chi connectivity index (χ1) is 22.8. The van der Waals surface area contributed by atoms with Gasteiger partial charge in [0.05, 0.1) is 22.1 Å². The molecule has 46 heavy (non-hydrogen) atoms. The second kappa shape index (κ2) is 14.8. The third-order valence-electron chi connectivity index (χ3n) is 7.71. The number of para-hydroxylation sites is 4. The Morgan fingerprint density at radius 1 is 0.370 bits per heavy atom. The Bertz CT molecular complexity index is 2130. The molecule has 0 bridgehead atoms. The van der Waals surface area contributed by atoms with E-state index in [1.165, 1.54) is 32.6 Å². The molecule has 0 radical (unpaired) electrons. The zero-order chi connectivity index (χ0) is 32.5. The molecule has 0 saturated heterocycles. The third-order valence-corrected chi connectivity index (χ3v) is 7.71. The molecule has 0 aliphatic heterocycles. The summed E-state index contributed by atoms with van der Waals surface area (Å²) in [5, 5.41) is 4.94. The van der Waals surface area contributed by atoms with E-state index in [4.69, 9.17) is 0 Å². The van der Waals surface area contributed by atoms with Gasteiger partial charge in [-0.1, -0.05) is 113 Å². The van der Waals surface area contributed by atoms with Gasteiger partial charge in [-0.15, -0.1) is 0 Å². The lowest BCUT2D eigenvalue weighted by Gasteiger charge is -2.08. The van der Waals surface area contributed by atoms with Crippen LogP contribution in [-0.2, 0) is 0 Å². The quantitative estimate of drug-likeness (QED) is 0.188. The van der Waals surface area contributed by atoms with E-state index in [2.05, 4.69) is 94.1 Å². The maximum Gasteiger partial charge on any atom is 0.150 e. The van der Waals surface area contributed by atoms with Crippen molar-refractivity contribution in [2.45, 2.75) is 27.7 Å². The van der Waals surface area contributed by atoms with Gasteiger partial charge in [-0.2, -0.15) is 0 Å². The predicted molar refractivity (Wildman–Crippen MR) is 195 cm³/mol. The number of fused-ring (bicyclic) bond motifs is 6. The lowest BCUT2D eigenvalue weighted by molar-refractivity contribution is 0.111. The molecule has 0 aliphatic carbocycles. The van der Waals surface area contributed by atoms with Gasteiger partial charge in [-0.05, 0) is 60.7 Å². The highest BCUT2D eigenvalue weighted by atomic mass is 16.1. The van der Waals surface area contributed by atoms with Gasteiger partial charge in [0, 0.05) is 44.0 Å². The molecule has 0 atom stereocenters. The van der Waals surface area contributed by atoms with Crippen molar-refractivity contribution in [1.82, 2.24) is 9.13 Å². The van der Waals surface area contributed by atoms with E-state index in [1.54, 1.807) is 0 Å². The van der Waals surface area contributed by atoms with Crippen molar-refractivity contribution in [2.24, 2.45) is 0 Å². The number of aldehydes is 2. The Hall–Kier alpha value is -5.74. The highest BCUT2D eigenvalue weighted by molar-refractivity contribution is 6.10. The van der Waals surface area contributed by atoms with Gasteiger partial charge in [0.15, 0.2) is 0 Å². The van der Waals surface area contributed by atoms with E-state index in [-0.39, 0.29) is 0 Å². The molecule has 4 heteroatoms. The topological polar surface area (TPSA) is 44.0 Å². The SMILES string of the molecule is CC.CC.O=Cc1ccc(-n2c3ccccc3c3ccccc32)cc1.O=Cc1cccc(-n2c3ccccc3c3ccccc32)c1. The van der Waals surface area contributed by atoms with E-state index in [0.29, 0.717) is 11.1 Å². The minimum atomic E-state index is 0.689. The number of aromatic nitrogens is 2. The Kier molecular flexibility index (Phi) is 10.2. The zero-order valence-electron chi connectivity index (χ0n) is 26.7. The summed E-state index contributed by atoms with van der Waals surface area (Å²) in [5.74, 6) is 0. The van der Waals surface area contributed by atoms with Crippen molar-refractivity contribution in [2.75, 3.05) is 0 Å². The molecule has 2 heterocycles. The van der Waals surface area contributed by atoms with E-state index < -0.39 is 0 Å². The van der Waals surface area contributed by atoms with Crippen LogP contribution >= 0.6 is 0 Å². The summed E-state index contributed by atoms with van der Waals surface area (Å²) in [4.78, 5) is 21.9. The first-order valence-corrected chi connectivity index (χ1v) is 15.8. The predicted octanol–water partition coefficient (Wildman–Crippen LogP) is 11.2. The third kappa shape index (κ3) is 5.98. The van der Waals surface area contributed by atoms with Crippen molar-refractivity contribution in [1.29, 1.82) is 0 Å². The van der Waals surface area contributed by atoms with E-state index in [9.17, 15) is 9.59 Å². The average Bonchev–Trinajstić information content (AvgIpc) is 3.67. The summed E-state index contributed by atoms with van der Waals surface area (Å²) < 4.78 is 4.44. The zero-order valence-corrected chi connectivity index (χ0v) is 26.7. The van der Waals surface area contributed by atoms with E-state index >= 15 is 0 Å². The number of rotatable bonds is 4. The van der Waals surface area contributed by atoms with Gasteiger partial charge < -0.3 is 9.13 Å². The van der Waals surface area contributed by atoms with Gasteiger partial charge >= 0.3 is 0 Å².